The molecule has 0 fully saturated rings. The third-order valence-electron chi connectivity index (χ3n) is 3.16. The van der Waals surface area contributed by atoms with E-state index < -0.39 is 16.1 Å². The number of sulfonamides is 1. The summed E-state index contributed by atoms with van der Waals surface area (Å²) in [4.78, 5) is 4.11. The Bertz CT molecular complexity index is 740. The molecule has 2 aromatic heterocycles. The van der Waals surface area contributed by atoms with Crippen LogP contribution in [0.2, 0.25) is 0 Å². The number of nitrogens with zero attached hydrogens (tertiary/aromatic N) is 4. The molecule has 1 N–H and O–H groups in total. The Balaban J connectivity index is 2.26. The molecular formula is C13H19N5O3S. The van der Waals surface area contributed by atoms with Crippen LogP contribution in [0.5, 0.6) is 6.01 Å². The maximum absolute atomic E-state index is 12.4. The lowest BCUT2D eigenvalue weighted by Gasteiger charge is -2.14. The summed E-state index contributed by atoms with van der Waals surface area (Å²) in [6, 6.07) is 2.96. The third-order valence-corrected chi connectivity index (χ3v) is 4.68. The normalized spacial score (nSPS) is 13.1. The highest BCUT2D eigenvalue weighted by Crippen LogP contribution is 2.19. The molecule has 0 spiro atoms. The molecule has 0 unspecified atom stereocenters. The highest BCUT2D eigenvalue weighted by Gasteiger charge is 2.23. The molecule has 0 saturated carbocycles. The quantitative estimate of drug-likeness (QED) is 0.852. The summed E-state index contributed by atoms with van der Waals surface area (Å²) in [6.07, 6.45) is 1.33. The van der Waals surface area contributed by atoms with Gasteiger partial charge in [0.1, 0.15) is 4.90 Å². The number of hydrogen-bond acceptors (Lipinski definition) is 6. The summed E-state index contributed by atoms with van der Waals surface area (Å²) < 4.78 is 34.1. The number of aryl methyl sites for hydroxylation is 1. The fourth-order valence-electron chi connectivity index (χ4n) is 2.04. The maximum atomic E-state index is 12.4. The van der Waals surface area contributed by atoms with Crippen molar-refractivity contribution in [3.05, 3.63) is 29.8 Å². The van der Waals surface area contributed by atoms with Gasteiger partial charge in [-0.2, -0.15) is 0 Å². The molecule has 0 radical (unpaired) electrons. The standard InChI is InChI=1S/C13H19N5O3S/c1-5-18-12(15-16-13(18)21-4)10(3)17-22(19,20)11-7-6-9(2)14-8-11/h6-8,10,17H,5H2,1-4H3/t10-/m1/s1. The lowest BCUT2D eigenvalue weighted by molar-refractivity contribution is 0.354. The van der Waals surface area contributed by atoms with Crippen molar-refractivity contribution < 1.29 is 13.2 Å². The van der Waals surface area contributed by atoms with Gasteiger partial charge in [0.15, 0.2) is 5.82 Å². The SMILES string of the molecule is CCn1c(OC)nnc1[C@@H](C)NS(=O)(=O)c1ccc(C)nc1. The lowest BCUT2D eigenvalue weighted by Crippen LogP contribution is -2.29. The van der Waals surface area contributed by atoms with Gasteiger partial charge >= 0.3 is 6.01 Å². The van der Waals surface area contributed by atoms with Crippen molar-refractivity contribution in [2.45, 2.75) is 38.3 Å². The zero-order valence-corrected chi connectivity index (χ0v) is 13.8. The minimum atomic E-state index is -3.68. The van der Waals surface area contributed by atoms with Crippen LogP contribution in [-0.2, 0) is 16.6 Å². The first-order chi connectivity index (χ1) is 10.4. The molecule has 8 nitrogen and oxygen atoms in total. The Labute approximate surface area is 129 Å². The Morgan fingerprint density at radius 3 is 2.64 bits per heavy atom. The summed E-state index contributed by atoms with van der Waals surface area (Å²) in [5, 5.41) is 7.88. The first-order valence-electron chi connectivity index (χ1n) is 6.81. The van der Waals surface area contributed by atoms with Crippen LogP contribution in [0, 0.1) is 6.92 Å². The molecule has 0 aliphatic rings. The highest BCUT2D eigenvalue weighted by molar-refractivity contribution is 7.89. The largest absolute Gasteiger partial charge is 0.467 e. The predicted octanol–water partition coefficient (Wildman–Crippen LogP) is 1.05. The Kier molecular flexibility index (Phi) is 4.77. The summed E-state index contributed by atoms with van der Waals surface area (Å²) in [5.74, 6) is 0.489. The molecule has 0 saturated heterocycles. The Hall–Kier alpha value is -2.00. The van der Waals surface area contributed by atoms with Gasteiger partial charge in [-0.25, -0.2) is 13.1 Å². The van der Waals surface area contributed by atoms with Gasteiger partial charge in [-0.15, -0.1) is 5.10 Å². The summed E-state index contributed by atoms with van der Waals surface area (Å²) in [7, 11) is -2.19. The van der Waals surface area contributed by atoms with Gasteiger partial charge < -0.3 is 4.74 Å². The molecule has 1 atom stereocenters. The van der Waals surface area contributed by atoms with E-state index in [1.54, 1.807) is 24.5 Å². The van der Waals surface area contributed by atoms with Crippen molar-refractivity contribution in [2.24, 2.45) is 0 Å². The predicted molar refractivity (Wildman–Crippen MR) is 80.0 cm³/mol. The van der Waals surface area contributed by atoms with Gasteiger partial charge in [-0.1, -0.05) is 5.10 Å². The molecule has 22 heavy (non-hydrogen) atoms. The van der Waals surface area contributed by atoms with Gasteiger partial charge in [0.25, 0.3) is 0 Å². The average Bonchev–Trinajstić information content (AvgIpc) is 2.90. The van der Waals surface area contributed by atoms with Gasteiger partial charge in [-0.3, -0.25) is 9.55 Å². The van der Waals surface area contributed by atoms with Gasteiger partial charge in [-0.05, 0) is 32.9 Å². The molecule has 2 rings (SSSR count). The second-order valence-electron chi connectivity index (χ2n) is 4.77. The number of hydrogen-bond donors (Lipinski definition) is 1. The van der Waals surface area contributed by atoms with Crippen LogP contribution in [0.25, 0.3) is 0 Å². The van der Waals surface area contributed by atoms with Gasteiger partial charge in [0, 0.05) is 18.4 Å². The van der Waals surface area contributed by atoms with Crippen LogP contribution in [0.4, 0.5) is 0 Å². The zero-order chi connectivity index (χ0) is 16.3. The summed E-state index contributed by atoms with van der Waals surface area (Å²) in [5.41, 5.74) is 0.752. The Morgan fingerprint density at radius 2 is 2.09 bits per heavy atom. The van der Waals surface area contributed by atoms with Gasteiger partial charge in [0.2, 0.25) is 10.0 Å². The molecule has 120 valence electrons. The number of ether oxygens (including phenoxy) is 1. The molecular weight excluding hydrogens is 306 g/mol. The van der Waals surface area contributed by atoms with E-state index in [-0.39, 0.29) is 4.90 Å². The first-order valence-corrected chi connectivity index (χ1v) is 8.29. The van der Waals surface area contributed by atoms with Crippen LogP contribution in [0.3, 0.4) is 0 Å². The summed E-state index contributed by atoms with van der Waals surface area (Å²) >= 11 is 0. The summed E-state index contributed by atoms with van der Waals surface area (Å²) in [6.45, 7) is 5.97. The fraction of sp³-hybridized carbons (Fsp3) is 0.462. The van der Waals surface area contributed by atoms with Crippen molar-refractivity contribution in [1.29, 1.82) is 0 Å². The molecule has 2 aromatic rings. The van der Waals surface area contributed by atoms with Crippen molar-refractivity contribution in [3.8, 4) is 6.01 Å². The van der Waals surface area contributed by atoms with Crippen LogP contribution in [0.15, 0.2) is 23.2 Å². The van der Waals surface area contributed by atoms with Crippen molar-refractivity contribution in [1.82, 2.24) is 24.5 Å². The second kappa shape index (κ2) is 6.41. The van der Waals surface area contributed by atoms with Crippen molar-refractivity contribution >= 4 is 10.0 Å². The van der Waals surface area contributed by atoms with Crippen LogP contribution in [-0.4, -0.2) is 35.3 Å². The van der Waals surface area contributed by atoms with Crippen molar-refractivity contribution in [2.75, 3.05) is 7.11 Å². The fourth-order valence-corrected chi connectivity index (χ4v) is 3.18. The lowest BCUT2D eigenvalue weighted by atomic mass is 10.3. The molecule has 0 amide bonds. The minimum Gasteiger partial charge on any atom is -0.467 e. The smallest absolute Gasteiger partial charge is 0.316 e. The number of aromatic nitrogens is 4. The second-order valence-corrected chi connectivity index (χ2v) is 6.48. The maximum Gasteiger partial charge on any atom is 0.316 e. The molecule has 9 heteroatoms. The van der Waals surface area contributed by atoms with E-state index in [0.29, 0.717) is 18.4 Å². The van der Waals surface area contributed by atoms with Crippen LogP contribution in [0.1, 0.15) is 31.4 Å². The molecule has 0 bridgehead atoms. The van der Waals surface area contributed by atoms with E-state index in [2.05, 4.69) is 19.9 Å². The van der Waals surface area contributed by atoms with E-state index in [4.69, 9.17) is 4.74 Å². The number of pyridine rings is 1. The van der Waals surface area contributed by atoms with E-state index >= 15 is 0 Å². The van der Waals surface area contributed by atoms with Crippen LogP contribution < -0.4 is 9.46 Å². The molecule has 0 aromatic carbocycles. The van der Waals surface area contributed by atoms with E-state index in [0.717, 1.165) is 5.69 Å². The monoisotopic (exact) mass is 325 g/mol. The van der Waals surface area contributed by atoms with E-state index in [1.165, 1.54) is 19.4 Å². The first kappa shape index (κ1) is 16.4. The average molecular weight is 325 g/mol. The number of methoxy groups -OCH3 is 1. The van der Waals surface area contributed by atoms with Crippen molar-refractivity contribution in [3.63, 3.8) is 0 Å². The molecule has 0 aliphatic carbocycles. The van der Waals surface area contributed by atoms with Gasteiger partial charge in [0.05, 0.1) is 13.2 Å². The van der Waals surface area contributed by atoms with E-state index in [1.807, 2.05) is 6.92 Å². The zero-order valence-electron chi connectivity index (χ0n) is 12.9. The molecule has 2 heterocycles. The highest BCUT2D eigenvalue weighted by atomic mass is 32.2. The minimum absolute atomic E-state index is 0.111. The third kappa shape index (κ3) is 3.25. The number of rotatable bonds is 6. The number of nitrogens with one attached hydrogen (secondary N) is 1. The van der Waals surface area contributed by atoms with Crippen LogP contribution >= 0.6 is 0 Å². The Morgan fingerprint density at radius 1 is 1.36 bits per heavy atom. The topological polar surface area (TPSA) is 99.0 Å². The molecule has 0 aliphatic heterocycles. The van der Waals surface area contributed by atoms with E-state index in [9.17, 15) is 8.42 Å².